The Labute approximate surface area is 174 Å². The summed E-state index contributed by atoms with van der Waals surface area (Å²) in [6.45, 7) is 0. The minimum absolute atomic E-state index is 0. The van der Waals surface area contributed by atoms with Crippen LogP contribution in [0.4, 0.5) is 9.59 Å². The topological polar surface area (TPSA) is 115 Å². The molecule has 11 heavy (non-hydrogen) atoms. The molecule has 0 unspecified atom stereocenters. The number of carboxylic acid groups (broad SMARTS) is 4. The van der Waals surface area contributed by atoms with Crippen LogP contribution in [0.1, 0.15) is 4.28 Å². The Morgan fingerprint density at radius 1 is 0.818 bits per heavy atom. The van der Waals surface area contributed by atoms with E-state index in [1.54, 1.807) is 0 Å². The first-order valence-corrected chi connectivity index (χ1v) is 1.30. The smallest absolute Gasteiger partial charge is 1.00 e. The van der Waals surface area contributed by atoms with E-state index in [9.17, 15) is 0 Å². The van der Waals surface area contributed by atoms with Crippen molar-refractivity contribution >= 4 is 12.3 Å². The largest absolute Gasteiger partial charge is 1.00 e. The van der Waals surface area contributed by atoms with Gasteiger partial charge in [-0.25, -0.2) is 9.59 Å². The van der Waals surface area contributed by atoms with Gasteiger partial charge in [-0.05, 0) is 0 Å². The third-order valence-corrected chi connectivity index (χ3v) is 0. The Morgan fingerprint density at radius 3 is 0.818 bits per heavy atom. The van der Waals surface area contributed by atoms with E-state index in [0.717, 1.165) is 0 Å². The molecule has 0 fully saturated rings. The predicted octanol–water partition coefficient (Wildman–Crippen LogP) is -8.21. The van der Waals surface area contributed by atoms with Gasteiger partial charge in [-0.15, -0.1) is 0 Å². The number of hydrogen-bond acceptors (Lipinski definition) is 2. The second-order valence-corrected chi connectivity index (χ2v) is 0.565. The molecule has 0 aromatic heterocycles. The molecule has 0 aromatic rings. The van der Waals surface area contributed by atoms with Crippen molar-refractivity contribution in [3.8, 4) is 0 Å². The summed E-state index contributed by atoms with van der Waals surface area (Å²) in [4.78, 5) is 17.1. The normalized spacial score (nSPS) is 4.36. The first kappa shape index (κ1) is 29.2. The van der Waals surface area contributed by atoms with Crippen molar-refractivity contribution in [3.63, 3.8) is 0 Å². The Hall–Kier alpha value is 2.81. The molecular weight excluding hydrogens is 221 g/mol. The van der Waals surface area contributed by atoms with E-state index in [1.165, 1.54) is 0 Å². The van der Waals surface area contributed by atoms with E-state index in [2.05, 4.69) is 0 Å². The molecule has 0 aliphatic carbocycles. The van der Waals surface area contributed by atoms with Crippen molar-refractivity contribution in [2.45, 2.75) is 0 Å². The predicted molar refractivity (Wildman–Crippen MR) is 24.6 cm³/mol. The summed E-state index contributed by atoms with van der Waals surface area (Å²) in [5.74, 6) is 0. The average molecular weight is 228 g/mol. The fourth-order valence-electron chi connectivity index (χ4n) is 0. The van der Waals surface area contributed by atoms with Crippen LogP contribution in [-0.2, 0) is 0 Å². The Morgan fingerprint density at radius 2 is 0.818 bits per heavy atom. The second-order valence-electron chi connectivity index (χ2n) is 0.565. The van der Waals surface area contributed by atoms with Crippen LogP contribution in [0.5, 0.6) is 0 Å². The van der Waals surface area contributed by atoms with E-state index >= 15 is 0 Å². The van der Waals surface area contributed by atoms with Gasteiger partial charge in [0.25, 0.3) is 0 Å². The molecule has 0 aliphatic rings. The van der Waals surface area contributed by atoms with Gasteiger partial charge in [-0.1, -0.05) is 0 Å². The molecule has 0 bridgehead atoms. The zero-order valence-electron chi connectivity index (χ0n) is 9.61. The molecule has 4 N–H and O–H groups in total. The van der Waals surface area contributed by atoms with Crippen LogP contribution >= 0.6 is 0 Å². The van der Waals surface area contributed by atoms with Crippen LogP contribution < -0.4 is 132 Å². The summed E-state index contributed by atoms with van der Waals surface area (Å²) in [5.41, 5.74) is 0. The van der Waals surface area contributed by atoms with E-state index in [4.69, 9.17) is 30.0 Å². The van der Waals surface area contributed by atoms with Crippen LogP contribution in [0.3, 0.4) is 0 Å². The van der Waals surface area contributed by atoms with Gasteiger partial charge in [0.15, 0.2) is 0 Å². The van der Waals surface area contributed by atoms with Crippen molar-refractivity contribution in [1.82, 2.24) is 0 Å². The van der Waals surface area contributed by atoms with Gasteiger partial charge in [-0.2, -0.15) is 0 Å². The molecule has 0 rings (SSSR count). The summed E-state index contributed by atoms with van der Waals surface area (Å²) < 4.78 is 0. The molecule has 0 aromatic carbocycles. The summed E-state index contributed by atoms with van der Waals surface area (Å²) in [7, 11) is 0. The van der Waals surface area contributed by atoms with E-state index in [0.29, 0.717) is 0 Å². The Bertz CT molecular complexity index is 87.1. The fraction of sp³-hybridized carbons (Fsp3) is 0. The minimum Gasteiger partial charge on any atom is -1.00 e. The monoisotopic (exact) mass is 228 g/mol. The molecule has 6 nitrogen and oxygen atoms in total. The number of rotatable bonds is 0. The van der Waals surface area contributed by atoms with Crippen LogP contribution in [-0.4, -0.2) is 32.7 Å². The van der Waals surface area contributed by atoms with Gasteiger partial charge >= 0.3 is 145 Å². The first-order valence-electron chi connectivity index (χ1n) is 1.30. The van der Waals surface area contributed by atoms with Crippen molar-refractivity contribution in [2.24, 2.45) is 0 Å². The summed E-state index contributed by atoms with van der Waals surface area (Å²) in [6.07, 6.45) is -3.67. The molecular formula is C2H7K2NaO6. The van der Waals surface area contributed by atoms with E-state index in [1.807, 2.05) is 0 Å². The summed E-state index contributed by atoms with van der Waals surface area (Å²) in [6, 6.07) is 0. The van der Waals surface area contributed by atoms with Crippen LogP contribution in [0, 0.1) is 0 Å². The quantitative estimate of drug-likeness (QED) is 0.306. The number of hydrogen-bond donors (Lipinski definition) is 4. The van der Waals surface area contributed by atoms with Crippen molar-refractivity contribution in [1.29, 1.82) is 0 Å². The molecule has 9 heteroatoms. The second kappa shape index (κ2) is 23.0. The maximum Gasteiger partial charge on any atom is 1.00 e. The van der Waals surface area contributed by atoms with Gasteiger partial charge in [0.05, 0.1) is 0 Å². The maximum absolute atomic E-state index is 8.56. The Kier molecular flexibility index (Phi) is 61.1. The molecule has 54 valence electrons. The molecule has 0 heterocycles. The zero-order valence-corrected chi connectivity index (χ0v) is 14.9. The standard InChI is InChI=1S/2CH2O3.2K.Na.3H/c2*2-1(3)4;;;;;;/h2*(H2,2,3,4);;;;;;/q;;3*+1;3*-1. The first-order chi connectivity index (χ1) is 3.46. The average Bonchev–Trinajstić information content (AvgIpc) is 1.25. The SMILES string of the molecule is O=C(O)O.O=C(O)O.[H-].[H-].[H-].[K+].[K+].[Na+]. The van der Waals surface area contributed by atoms with Gasteiger partial charge < -0.3 is 24.7 Å². The van der Waals surface area contributed by atoms with Gasteiger partial charge in [0, 0.05) is 0 Å². The minimum atomic E-state index is -1.83. The van der Waals surface area contributed by atoms with Crippen molar-refractivity contribution < 1.29 is 167 Å². The van der Waals surface area contributed by atoms with Gasteiger partial charge in [-0.3, -0.25) is 0 Å². The zero-order chi connectivity index (χ0) is 7.15. The van der Waals surface area contributed by atoms with Crippen LogP contribution in [0.2, 0.25) is 0 Å². The third-order valence-electron chi connectivity index (χ3n) is 0. The molecule has 0 aliphatic heterocycles. The van der Waals surface area contributed by atoms with Crippen LogP contribution in [0.25, 0.3) is 0 Å². The molecule has 0 saturated carbocycles. The van der Waals surface area contributed by atoms with E-state index < -0.39 is 12.3 Å². The fourth-order valence-corrected chi connectivity index (χ4v) is 0. The van der Waals surface area contributed by atoms with Gasteiger partial charge in [0.2, 0.25) is 0 Å². The van der Waals surface area contributed by atoms with Crippen molar-refractivity contribution in [2.75, 3.05) is 0 Å². The summed E-state index contributed by atoms with van der Waals surface area (Å²) in [5, 5.41) is 27.9. The Balaban J connectivity index is -0.00000000600. The van der Waals surface area contributed by atoms with E-state index in [-0.39, 0.29) is 137 Å². The molecule has 0 atom stereocenters. The molecule has 0 saturated heterocycles. The third kappa shape index (κ3) is 189. The molecule has 0 amide bonds. The summed E-state index contributed by atoms with van der Waals surface area (Å²) >= 11 is 0. The van der Waals surface area contributed by atoms with Crippen LogP contribution in [0.15, 0.2) is 0 Å². The van der Waals surface area contributed by atoms with Gasteiger partial charge in [0.1, 0.15) is 0 Å². The molecule has 0 radical (unpaired) electrons. The van der Waals surface area contributed by atoms with Crippen molar-refractivity contribution in [3.05, 3.63) is 0 Å². The number of carbonyl (C=O) groups is 2. The maximum atomic E-state index is 8.56. The molecule has 0 spiro atoms.